The number of piperidine rings is 1. The first kappa shape index (κ1) is 21.6. The van der Waals surface area contributed by atoms with Crippen molar-refractivity contribution < 1.29 is 14.3 Å². The van der Waals surface area contributed by atoms with Gasteiger partial charge in [-0.15, -0.1) is 0 Å². The number of hydrogen-bond donors (Lipinski definition) is 1. The molecular formula is C21H23N5O3. The minimum Gasteiger partial charge on any atom is -0.486 e. The third-order valence-electron chi connectivity index (χ3n) is 4.06. The lowest BCUT2D eigenvalue weighted by Gasteiger charge is -2.34. The number of anilines is 1. The Morgan fingerprint density at radius 2 is 1.86 bits per heavy atom. The summed E-state index contributed by atoms with van der Waals surface area (Å²) in [5, 5.41) is 30.0. The molecule has 1 aliphatic heterocycles. The Morgan fingerprint density at radius 3 is 2.48 bits per heavy atom. The highest BCUT2D eigenvalue weighted by Crippen LogP contribution is 2.29. The highest BCUT2D eigenvalue weighted by Gasteiger charge is 2.29. The van der Waals surface area contributed by atoms with E-state index < -0.39 is 5.60 Å². The minimum absolute atomic E-state index is 0.148. The summed E-state index contributed by atoms with van der Waals surface area (Å²) >= 11 is 0. The van der Waals surface area contributed by atoms with Crippen LogP contribution in [0.3, 0.4) is 0 Å². The van der Waals surface area contributed by atoms with Crippen LogP contribution in [0.4, 0.5) is 10.5 Å². The van der Waals surface area contributed by atoms with Crippen molar-refractivity contribution in [3.05, 3.63) is 35.5 Å². The van der Waals surface area contributed by atoms with Crippen molar-refractivity contribution >= 4 is 11.8 Å². The number of carbonyl (C=O) groups excluding carboxylic acids is 1. The fourth-order valence-electron chi connectivity index (χ4n) is 2.80. The number of likely N-dealkylation sites (tertiary alicyclic amines) is 1. The number of carbonyl (C=O) groups is 1. The second kappa shape index (κ2) is 9.48. The van der Waals surface area contributed by atoms with E-state index in [1.54, 1.807) is 41.3 Å². The summed E-state index contributed by atoms with van der Waals surface area (Å²) in [5.41, 5.74) is -0.566. The maximum absolute atomic E-state index is 12.3. The molecule has 1 aromatic carbocycles. The molecule has 0 saturated carbocycles. The number of rotatable bonds is 4. The molecule has 8 heteroatoms. The summed E-state index contributed by atoms with van der Waals surface area (Å²) in [7, 11) is 0. The van der Waals surface area contributed by atoms with Gasteiger partial charge in [-0.1, -0.05) is 12.1 Å². The van der Waals surface area contributed by atoms with Gasteiger partial charge in [-0.3, -0.25) is 0 Å². The number of amides is 1. The number of para-hydroxylation sites is 2. The highest BCUT2D eigenvalue weighted by molar-refractivity contribution is 5.68. The molecule has 1 atom stereocenters. The third-order valence-corrected chi connectivity index (χ3v) is 4.06. The van der Waals surface area contributed by atoms with Crippen LogP contribution < -0.4 is 10.1 Å². The van der Waals surface area contributed by atoms with E-state index in [0.717, 1.165) is 12.8 Å². The summed E-state index contributed by atoms with van der Waals surface area (Å²) < 4.78 is 11.5. The Labute approximate surface area is 170 Å². The van der Waals surface area contributed by atoms with Crippen molar-refractivity contribution in [2.75, 3.05) is 18.4 Å². The predicted molar refractivity (Wildman–Crippen MR) is 105 cm³/mol. The smallest absolute Gasteiger partial charge is 0.410 e. The third kappa shape index (κ3) is 6.16. The molecule has 0 aromatic heterocycles. The SMILES string of the molecule is CC(C)(C)OC(=O)N1CCCC(Oc2ccccc2NC(C#N)=C(C#N)C#N)C1. The molecule has 29 heavy (non-hydrogen) atoms. The van der Waals surface area contributed by atoms with Crippen molar-refractivity contribution in [2.45, 2.75) is 45.3 Å². The van der Waals surface area contributed by atoms with Gasteiger partial charge in [0.25, 0.3) is 0 Å². The van der Waals surface area contributed by atoms with E-state index in [9.17, 15) is 10.1 Å². The lowest BCUT2D eigenvalue weighted by Crippen LogP contribution is -2.46. The molecule has 1 amide bonds. The van der Waals surface area contributed by atoms with Gasteiger partial charge in [-0.25, -0.2) is 4.79 Å². The topological polar surface area (TPSA) is 122 Å². The molecule has 8 nitrogen and oxygen atoms in total. The van der Waals surface area contributed by atoms with E-state index in [2.05, 4.69) is 5.32 Å². The maximum atomic E-state index is 12.3. The van der Waals surface area contributed by atoms with E-state index in [0.29, 0.717) is 24.5 Å². The van der Waals surface area contributed by atoms with Gasteiger partial charge >= 0.3 is 6.09 Å². The van der Waals surface area contributed by atoms with E-state index in [-0.39, 0.29) is 23.5 Å². The average molecular weight is 393 g/mol. The predicted octanol–water partition coefficient (Wildman–Crippen LogP) is 3.70. The van der Waals surface area contributed by atoms with E-state index in [4.69, 9.17) is 20.0 Å². The number of hydrogen-bond acceptors (Lipinski definition) is 7. The van der Waals surface area contributed by atoms with Gasteiger partial charge in [0.05, 0.1) is 12.2 Å². The Kier molecular flexibility index (Phi) is 7.06. The van der Waals surface area contributed by atoms with Crippen LogP contribution in [0, 0.1) is 34.0 Å². The van der Waals surface area contributed by atoms with E-state index in [1.165, 1.54) is 0 Å². The molecule has 1 aromatic rings. The number of nitrogens with one attached hydrogen (secondary N) is 1. The van der Waals surface area contributed by atoms with Crippen LogP contribution in [0.25, 0.3) is 0 Å². The molecule has 1 heterocycles. The van der Waals surface area contributed by atoms with Crippen molar-refractivity contribution in [3.63, 3.8) is 0 Å². The van der Waals surface area contributed by atoms with Gasteiger partial charge in [0.15, 0.2) is 5.57 Å². The fourth-order valence-corrected chi connectivity index (χ4v) is 2.80. The highest BCUT2D eigenvalue weighted by atomic mass is 16.6. The van der Waals surface area contributed by atoms with Crippen molar-refractivity contribution in [3.8, 4) is 24.0 Å². The zero-order valence-electron chi connectivity index (χ0n) is 16.7. The molecule has 0 radical (unpaired) electrons. The number of benzene rings is 1. The lowest BCUT2D eigenvalue weighted by molar-refractivity contribution is 0.00785. The number of ether oxygens (including phenoxy) is 2. The fraction of sp³-hybridized carbons (Fsp3) is 0.429. The molecule has 1 N–H and O–H groups in total. The molecule has 0 aliphatic carbocycles. The molecule has 150 valence electrons. The Bertz CT molecular complexity index is 896. The van der Waals surface area contributed by atoms with Crippen molar-refractivity contribution in [2.24, 2.45) is 0 Å². The summed E-state index contributed by atoms with van der Waals surface area (Å²) in [6, 6.07) is 12.2. The summed E-state index contributed by atoms with van der Waals surface area (Å²) in [6.45, 7) is 6.45. The zero-order chi connectivity index (χ0) is 21.4. The van der Waals surface area contributed by atoms with Crippen LogP contribution in [-0.2, 0) is 4.74 Å². The second-order valence-corrected chi connectivity index (χ2v) is 7.52. The van der Waals surface area contributed by atoms with Crippen LogP contribution in [0.2, 0.25) is 0 Å². The Balaban J connectivity index is 2.14. The molecular weight excluding hydrogens is 370 g/mol. The van der Waals surface area contributed by atoms with Crippen LogP contribution in [-0.4, -0.2) is 35.8 Å². The number of nitriles is 3. The first-order valence-corrected chi connectivity index (χ1v) is 9.22. The quantitative estimate of drug-likeness (QED) is 0.774. The molecule has 1 unspecified atom stereocenters. The van der Waals surface area contributed by atoms with Crippen LogP contribution in [0.5, 0.6) is 5.75 Å². The summed E-state index contributed by atoms with van der Waals surface area (Å²) in [5.74, 6) is 0.464. The zero-order valence-corrected chi connectivity index (χ0v) is 16.7. The van der Waals surface area contributed by atoms with E-state index >= 15 is 0 Å². The maximum Gasteiger partial charge on any atom is 0.410 e. The van der Waals surface area contributed by atoms with Crippen molar-refractivity contribution in [1.29, 1.82) is 15.8 Å². The first-order chi connectivity index (χ1) is 13.8. The minimum atomic E-state index is -0.569. The molecule has 1 saturated heterocycles. The summed E-state index contributed by atoms with van der Waals surface area (Å²) in [4.78, 5) is 14.0. The van der Waals surface area contributed by atoms with Gasteiger partial charge in [0, 0.05) is 6.54 Å². The number of nitrogens with zero attached hydrogens (tertiary/aromatic N) is 4. The van der Waals surface area contributed by atoms with Crippen LogP contribution >= 0.6 is 0 Å². The first-order valence-electron chi connectivity index (χ1n) is 9.22. The average Bonchev–Trinajstić information content (AvgIpc) is 2.68. The molecule has 0 bridgehead atoms. The number of allylic oxidation sites excluding steroid dienone is 2. The van der Waals surface area contributed by atoms with Gasteiger partial charge in [0.2, 0.25) is 0 Å². The molecule has 2 rings (SSSR count). The van der Waals surface area contributed by atoms with Gasteiger partial charge in [-0.05, 0) is 45.7 Å². The van der Waals surface area contributed by atoms with Gasteiger partial charge in [-0.2, -0.15) is 15.8 Å². The Hall–Kier alpha value is -3.70. The molecule has 0 spiro atoms. The van der Waals surface area contributed by atoms with Crippen LogP contribution in [0.15, 0.2) is 35.5 Å². The molecule has 1 aliphatic rings. The molecule has 1 fully saturated rings. The standard InChI is InChI=1S/C21H23N5O3/c1-21(2,3)29-20(27)26-10-6-7-16(14-26)28-19-9-5-4-8-17(19)25-18(13-24)15(11-22)12-23/h4-5,8-9,16,25H,6-7,10,14H2,1-3H3. The normalized spacial score (nSPS) is 15.9. The van der Waals surface area contributed by atoms with Gasteiger partial charge in [0.1, 0.15) is 41.4 Å². The lowest BCUT2D eigenvalue weighted by atomic mass is 10.1. The Morgan fingerprint density at radius 1 is 1.17 bits per heavy atom. The monoisotopic (exact) mass is 393 g/mol. The largest absolute Gasteiger partial charge is 0.486 e. The van der Waals surface area contributed by atoms with Crippen LogP contribution in [0.1, 0.15) is 33.6 Å². The van der Waals surface area contributed by atoms with Gasteiger partial charge < -0.3 is 19.7 Å². The second-order valence-electron chi connectivity index (χ2n) is 7.52. The summed E-state index contributed by atoms with van der Waals surface area (Å²) in [6.07, 6.45) is 0.909. The van der Waals surface area contributed by atoms with Crippen molar-refractivity contribution in [1.82, 2.24) is 4.90 Å². The van der Waals surface area contributed by atoms with E-state index in [1.807, 2.05) is 26.8 Å².